The Balaban J connectivity index is 2.13. The predicted molar refractivity (Wildman–Crippen MR) is 44.8 cm³/mol. The van der Waals surface area contributed by atoms with Crippen molar-refractivity contribution < 1.29 is 12.9 Å². The second kappa shape index (κ2) is 2.80. The van der Waals surface area contributed by atoms with Gasteiger partial charge in [0.1, 0.15) is 5.75 Å². The molecule has 1 saturated carbocycles. The van der Waals surface area contributed by atoms with E-state index in [0.29, 0.717) is 11.7 Å². The minimum absolute atomic E-state index is 0.160. The van der Waals surface area contributed by atoms with Crippen LogP contribution >= 0.6 is 0 Å². The second-order valence-electron chi connectivity index (χ2n) is 3.39. The van der Waals surface area contributed by atoms with E-state index in [-0.39, 0.29) is 11.6 Å². The summed E-state index contributed by atoms with van der Waals surface area (Å²) < 4.78 is 26.5. The van der Waals surface area contributed by atoms with Crippen LogP contribution in [0.15, 0.2) is 4.52 Å². The van der Waals surface area contributed by atoms with E-state index in [2.05, 4.69) is 10.1 Å². The Morgan fingerprint density at radius 1 is 1.54 bits per heavy atom. The minimum atomic E-state index is -3.07. The first-order valence-electron chi connectivity index (χ1n) is 4.05. The van der Waals surface area contributed by atoms with Gasteiger partial charge in [0, 0.05) is 12.2 Å². The molecule has 1 fully saturated rings. The third kappa shape index (κ3) is 2.27. The number of sulfone groups is 1. The van der Waals surface area contributed by atoms with Crippen LogP contribution < -0.4 is 0 Å². The molecule has 1 aromatic rings. The van der Waals surface area contributed by atoms with E-state index in [1.54, 1.807) is 0 Å². The van der Waals surface area contributed by atoms with Gasteiger partial charge in [-0.05, 0) is 12.8 Å². The molecule has 0 spiro atoms. The summed E-state index contributed by atoms with van der Waals surface area (Å²) in [6.07, 6.45) is 3.31. The van der Waals surface area contributed by atoms with Crippen LogP contribution in [0.3, 0.4) is 0 Å². The number of nitrogens with zero attached hydrogens (tertiary/aromatic N) is 2. The lowest BCUT2D eigenvalue weighted by atomic mass is 10.4. The van der Waals surface area contributed by atoms with Gasteiger partial charge in [0.2, 0.25) is 5.89 Å². The van der Waals surface area contributed by atoms with Crippen LogP contribution in [-0.4, -0.2) is 24.8 Å². The molecule has 13 heavy (non-hydrogen) atoms. The van der Waals surface area contributed by atoms with Gasteiger partial charge in [-0.1, -0.05) is 5.16 Å². The second-order valence-corrected chi connectivity index (χ2v) is 5.53. The fraction of sp³-hybridized carbons (Fsp3) is 0.714. The van der Waals surface area contributed by atoms with Gasteiger partial charge in [-0.15, -0.1) is 0 Å². The van der Waals surface area contributed by atoms with Gasteiger partial charge in [-0.3, -0.25) is 0 Å². The quantitative estimate of drug-likeness (QED) is 0.713. The first-order valence-corrected chi connectivity index (χ1v) is 6.11. The van der Waals surface area contributed by atoms with Crippen molar-refractivity contribution in [3.05, 3.63) is 11.7 Å². The van der Waals surface area contributed by atoms with E-state index in [9.17, 15) is 8.42 Å². The topological polar surface area (TPSA) is 73.1 Å². The fourth-order valence-electron chi connectivity index (χ4n) is 1.06. The number of hydrogen-bond acceptors (Lipinski definition) is 5. The molecule has 0 aromatic carbocycles. The summed E-state index contributed by atoms with van der Waals surface area (Å²) in [4.78, 5) is 4.00. The minimum Gasteiger partial charge on any atom is -0.338 e. The smallest absolute Gasteiger partial charge is 0.241 e. The maximum Gasteiger partial charge on any atom is 0.241 e. The van der Waals surface area contributed by atoms with Crippen molar-refractivity contribution in [3.8, 4) is 0 Å². The van der Waals surface area contributed by atoms with Gasteiger partial charge in [-0.25, -0.2) is 8.42 Å². The molecule has 0 bridgehead atoms. The van der Waals surface area contributed by atoms with Crippen LogP contribution in [0.25, 0.3) is 0 Å². The summed E-state index contributed by atoms with van der Waals surface area (Å²) in [5, 5.41) is 3.71. The molecule has 1 aromatic heterocycles. The molecule has 5 nitrogen and oxygen atoms in total. The van der Waals surface area contributed by atoms with Gasteiger partial charge in [-0.2, -0.15) is 4.98 Å². The highest BCUT2D eigenvalue weighted by Gasteiger charge is 2.29. The molecule has 0 atom stereocenters. The first-order chi connectivity index (χ1) is 6.04. The molecule has 6 heteroatoms. The van der Waals surface area contributed by atoms with E-state index >= 15 is 0 Å². The van der Waals surface area contributed by atoms with Gasteiger partial charge in [0.15, 0.2) is 15.7 Å². The Bertz CT molecular complexity index is 405. The number of aromatic nitrogens is 2. The van der Waals surface area contributed by atoms with Gasteiger partial charge in [0.05, 0.1) is 0 Å². The zero-order chi connectivity index (χ0) is 9.47. The van der Waals surface area contributed by atoms with Crippen molar-refractivity contribution in [3.63, 3.8) is 0 Å². The molecule has 2 rings (SSSR count). The molecule has 1 aliphatic rings. The maximum absolute atomic E-state index is 10.9. The molecule has 0 N–H and O–H groups in total. The molecule has 0 amide bonds. The Kier molecular flexibility index (Phi) is 1.87. The van der Waals surface area contributed by atoms with Gasteiger partial charge < -0.3 is 4.52 Å². The maximum atomic E-state index is 10.9. The molecule has 0 radical (unpaired) electrons. The zero-order valence-electron chi connectivity index (χ0n) is 7.23. The fourth-order valence-corrected chi connectivity index (χ4v) is 1.62. The van der Waals surface area contributed by atoms with Gasteiger partial charge >= 0.3 is 0 Å². The van der Waals surface area contributed by atoms with Crippen molar-refractivity contribution in [1.82, 2.24) is 10.1 Å². The zero-order valence-corrected chi connectivity index (χ0v) is 8.04. The molecule has 0 saturated heterocycles. The van der Waals surface area contributed by atoms with Crippen LogP contribution in [0.1, 0.15) is 30.5 Å². The Morgan fingerprint density at radius 3 is 2.77 bits per heavy atom. The lowest BCUT2D eigenvalue weighted by Crippen LogP contribution is -2.00. The number of rotatable bonds is 3. The van der Waals surface area contributed by atoms with Gasteiger partial charge in [0.25, 0.3) is 0 Å². The lowest BCUT2D eigenvalue weighted by molar-refractivity contribution is 0.383. The molecule has 72 valence electrons. The third-order valence-electron chi connectivity index (χ3n) is 1.81. The molecule has 0 aliphatic heterocycles. The van der Waals surface area contributed by atoms with Crippen molar-refractivity contribution in [2.75, 3.05) is 6.26 Å². The van der Waals surface area contributed by atoms with Crippen LogP contribution in [0, 0.1) is 0 Å². The van der Waals surface area contributed by atoms with E-state index < -0.39 is 9.84 Å². The van der Waals surface area contributed by atoms with Crippen LogP contribution in [-0.2, 0) is 15.6 Å². The predicted octanol–water partition coefficient (Wildman–Crippen LogP) is 0.492. The highest BCUT2D eigenvalue weighted by molar-refractivity contribution is 7.89. The summed E-state index contributed by atoms with van der Waals surface area (Å²) in [5.41, 5.74) is 0. The van der Waals surface area contributed by atoms with E-state index in [4.69, 9.17) is 4.52 Å². The summed E-state index contributed by atoms with van der Waals surface area (Å²) in [7, 11) is -3.07. The largest absolute Gasteiger partial charge is 0.338 e. The summed E-state index contributed by atoms with van der Waals surface area (Å²) in [6, 6.07) is 0. The SMILES string of the molecule is CS(=O)(=O)Cc1nc(C2CC2)no1. The molecule has 0 unspecified atom stereocenters. The first kappa shape index (κ1) is 8.68. The summed E-state index contributed by atoms with van der Waals surface area (Å²) in [5.74, 6) is 1.09. The van der Waals surface area contributed by atoms with Crippen molar-refractivity contribution in [1.29, 1.82) is 0 Å². The number of hydrogen-bond donors (Lipinski definition) is 0. The Labute approximate surface area is 76.1 Å². The van der Waals surface area contributed by atoms with Crippen molar-refractivity contribution in [2.24, 2.45) is 0 Å². The highest BCUT2D eigenvalue weighted by atomic mass is 32.2. The highest BCUT2D eigenvalue weighted by Crippen LogP contribution is 2.38. The van der Waals surface area contributed by atoms with Crippen LogP contribution in [0.5, 0.6) is 0 Å². The van der Waals surface area contributed by atoms with E-state index in [1.165, 1.54) is 0 Å². The molecular formula is C7H10N2O3S. The summed E-state index contributed by atoms with van der Waals surface area (Å²) >= 11 is 0. The van der Waals surface area contributed by atoms with E-state index in [1.807, 2.05) is 0 Å². The van der Waals surface area contributed by atoms with Crippen molar-refractivity contribution in [2.45, 2.75) is 24.5 Å². The van der Waals surface area contributed by atoms with Crippen LogP contribution in [0.4, 0.5) is 0 Å². The Morgan fingerprint density at radius 2 is 2.23 bits per heavy atom. The third-order valence-corrected chi connectivity index (χ3v) is 2.58. The molecule has 1 aliphatic carbocycles. The van der Waals surface area contributed by atoms with Crippen LogP contribution in [0.2, 0.25) is 0 Å². The average Bonchev–Trinajstić information content (AvgIpc) is 2.72. The van der Waals surface area contributed by atoms with E-state index in [0.717, 1.165) is 19.1 Å². The summed E-state index contributed by atoms with van der Waals surface area (Å²) in [6.45, 7) is 0. The normalized spacial score (nSPS) is 17.6. The average molecular weight is 202 g/mol. The molecule has 1 heterocycles. The standard InChI is InChI=1S/C7H10N2O3S/c1-13(10,11)4-6-8-7(9-12-6)5-2-3-5/h5H,2-4H2,1H3. The Hall–Kier alpha value is -0.910. The lowest BCUT2D eigenvalue weighted by Gasteiger charge is -1.88. The van der Waals surface area contributed by atoms with Crippen molar-refractivity contribution >= 4 is 9.84 Å². The monoisotopic (exact) mass is 202 g/mol. The molecular weight excluding hydrogens is 192 g/mol.